The minimum atomic E-state index is -1.34. The van der Waals surface area contributed by atoms with Crippen LogP contribution >= 0.6 is 11.8 Å². The molecule has 3 fully saturated rings. The van der Waals surface area contributed by atoms with E-state index in [0.29, 0.717) is 12.4 Å². The summed E-state index contributed by atoms with van der Waals surface area (Å²) in [5, 5.41) is 3.31. The van der Waals surface area contributed by atoms with Gasteiger partial charge in [0.25, 0.3) is 0 Å². The summed E-state index contributed by atoms with van der Waals surface area (Å²) in [5.41, 5.74) is 7.49. The van der Waals surface area contributed by atoms with Gasteiger partial charge in [-0.3, -0.25) is 4.79 Å². The lowest BCUT2D eigenvalue weighted by atomic mass is 9.94. The molecule has 17 nitrogen and oxygen atoms in total. The topological polar surface area (TPSA) is 168 Å². The molecule has 3 saturated heterocycles. The first-order valence-corrected chi connectivity index (χ1v) is 37.8. The monoisotopic (exact) mass is 1480 g/mol. The molecule has 1 amide bonds. The summed E-state index contributed by atoms with van der Waals surface area (Å²) in [6, 6.07) is 96.3. The van der Waals surface area contributed by atoms with Gasteiger partial charge in [-0.2, -0.15) is 0 Å². The van der Waals surface area contributed by atoms with Gasteiger partial charge in [-0.25, -0.2) is 0 Å². The van der Waals surface area contributed by atoms with Crippen molar-refractivity contribution in [2.24, 2.45) is 0 Å². The van der Waals surface area contributed by atoms with Crippen molar-refractivity contribution in [2.45, 2.75) is 162 Å². The number of amides is 1. The van der Waals surface area contributed by atoms with Crippen molar-refractivity contribution in [3.8, 4) is 5.75 Å². The van der Waals surface area contributed by atoms with Gasteiger partial charge in [0, 0.05) is 11.8 Å². The fourth-order valence-electron chi connectivity index (χ4n) is 13.5. The van der Waals surface area contributed by atoms with Crippen molar-refractivity contribution < 1.29 is 75.8 Å². The Hall–Kier alpha value is -8.74. The highest BCUT2D eigenvalue weighted by atomic mass is 32.2. The zero-order valence-electron chi connectivity index (χ0n) is 60.9. The van der Waals surface area contributed by atoms with Crippen molar-refractivity contribution in [2.75, 3.05) is 26.9 Å². The van der Waals surface area contributed by atoms with Gasteiger partial charge < -0.3 is 76.4 Å². The molecule has 10 aromatic carbocycles. The van der Waals surface area contributed by atoms with E-state index in [1.165, 1.54) is 18.7 Å². The van der Waals surface area contributed by atoms with Gasteiger partial charge >= 0.3 is 0 Å². The summed E-state index contributed by atoms with van der Waals surface area (Å²) in [5.74, 6) is 0.308. The molecular weight excluding hydrogens is 1380 g/mol. The number of rotatable bonds is 38. The second-order valence-corrected chi connectivity index (χ2v) is 28.1. The van der Waals surface area contributed by atoms with Crippen LogP contribution in [-0.2, 0) is 131 Å². The second-order valence-electron chi connectivity index (χ2n) is 26.9. The third-order valence-corrected chi connectivity index (χ3v) is 20.1. The Morgan fingerprint density at radius 3 is 0.991 bits per heavy atom. The van der Waals surface area contributed by atoms with Crippen LogP contribution in [0.2, 0.25) is 0 Å². The zero-order valence-corrected chi connectivity index (χ0v) is 61.7. The normalized spacial score (nSPS) is 24.2. The van der Waals surface area contributed by atoms with Crippen molar-refractivity contribution in [3.63, 3.8) is 0 Å². The molecule has 0 aromatic heterocycles. The summed E-state index contributed by atoms with van der Waals surface area (Å²) < 4.78 is 108. The first kappa shape index (κ1) is 77.4. The van der Waals surface area contributed by atoms with Crippen LogP contribution in [0.5, 0.6) is 5.75 Å². The molecule has 0 radical (unpaired) electrons. The maximum Gasteiger partial charge on any atom is 0.217 e. The van der Waals surface area contributed by atoms with E-state index >= 15 is 0 Å². The smallest absolute Gasteiger partial charge is 0.217 e. The van der Waals surface area contributed by atoms with Crippen LogP contribution in [0.1, 0.15) is 57.0 Å². The van der Waals surface area contributed by atoms with E-state index in [2.05, 4.69) is 5.32 Å². The highest BCUT2D eigenvalue weighted by Crippen LogP contribution is 2.42. The molecule has 3 heterocycles. The average molecular weight is 1480 g/mol. The molecule has 108 heavy (non-hydrogen) atoms. The van der Waals surface area contributed by atoms with E-state index in [0.717, 1.165) is 55.0 Å². The minimum Gasteiger partial charge on any atom is -0.497 e. The first-order chi connectivity index (χ1) is 53.3. The summed E-state index contributed by atoms with van der Waals surface area (Å²) >= 11 is 1.48. The average Bonchev–Trinajstić information content (AvgIpc) is 0.764. The van der Waals surface area contributed by atoms with Crippen LogP contribution in [0.4, 0.5) is 0 Å². The molecule has 562 valence electrons. The molecule has 15 atom stereocenters. The van der Waals surface area contributed by atoms with Crippen LogP contribution < -0.4 is 10.1 Å². The van der Waals surface area contributed by atoms with Gasteiger partial charge in [0.15, 0.2) is 12.6 Å². The van der Waals surface area contributed by atoms with Crippen molar-refractivity contribution >= 4 is 17.7 Å². The van der Waals surface area contributed by atoms with E-state index in [9.17, 15) is 4.79 Å². The van der Waals surface area contributed by atoms with E-state index < -0.39 is 97.1 Å². The number of carbonyl (C=O) groups excluding carboxylic acids is 1. The third-order valence-electron chi connectivity index (χ3n) is 19.0. The Balaban J connectivity index is 0.927. The molecule has 0 aliphatic carbocycles. The minimum absolute atomic E-state index is 0.0420. The van der Waals surface area contributed by atoms with Crippen LogP contribution in [0, 0.1) is 0 Å². The number of ether oxygens (including phenoxy) is 15. The maximum atomic E-state index is 14.5. The maximum absolute atomic E-state index is 14.5. The summed E-state index contributed by atoms with van der Waals surface area (Å²) in [4.78, 5) is 15.4. The molecule has 10 aromatic rings. The van der Waals surface area contributed by atoms with Gasteiger partial charge in [0.1, 0.15) is 84.4 Å². The summed E-state index contributed by atoms with van der Waals surface area (Å²) in [6.45, 7) is 3.24. The van der Waals surface area contributed by atoms with Crippen LogP contribution in [0.3, 0.4) is 0 Å². The van der Waals surface area contributed by atoms with E-state index in [4.69, 9.17) is 71.1 Å². The third kappa shape index (κ3) is 22.7. The molecule has 3 aliphatic rings. The van der Waals surface area contributed by atoms with Gasteiger partial charge in [-0.15, -0.1) is 0 Å². The Labute approximate surface area is 637 Å². The number of hydrogen-bond acceptors (Lipinski definition) is 17. The molecule has 18 heteroatoms. The van der Waals surface area contributed by atoms with Crippen LogP contribution in [0.15, 0.2) is 302 Å². The summed E-state index contributed by atoms with van der Waals surface area (Å²) in [7, 11) is 1.64. The van der Waals surface area contributed by atoms with Gasteiger partial charge in [0.2, 0.25) is 5.91 Å². The molecule has 13 rings (SSSR count). The Morgan fingerprint density at radius 1 is 0.315 bits per heavy atom. The van der Waals surface area contributed by atoms with Gasteiger partial charge in [-0.1, -0.05) is 285 Å². The number of hydrogen-bond donors (Lipinski definition) is 1. The highest BCUT2D eigenvalue weighted by molar-refractivity contribution is 7.99. The number of methoxy groups -OCH3 is 1. The molecule has 0 unspecified atom stereocenters. The molecule has 1 N–H and O–H groups in total. The predicted molar refractivity (Wildman–Crippen MR) is 411 cm³/mol. The fraction of sp³-hybridized carbons (Fsp3) is 0.322. The number of nitrogens with one attached hydrogen (secondary N) is 1. The van der Waals surface area contributed by atoms with Crippen molar-refractivity contribution in [1.82, 2.24) is 5.32 Å². The van der Waals surface area contributed by atoms with E-state index in [1.807, 2.05) is 297 Å². The lowest BCUT2D eigenvalue weighted by Gasteiger charge is -2.52. The Bertz CT molecular complexity index is 4160. The first-order valence-electron chi connectivity index (χ1n) is 37.0. The molecule has 0 saturated carbocycles. The zero-order chi connectivity index (χ0) is 73.7. The van der Waals surface area contributed by atoms with Crippen molar-refractivity contribution in [3.05, 3.63) is 347 Å². The van der Waals surface area contributed by atoms with Crippen LogP contribution in [0.25, 0.3) is 0 Å². The molecule has 0 spiro atoms. The molecule has 0 bridgehead atoms. The number of benzene rings is 10. The predicted octanol–water partition coefficient (Wildman–Crippen LogP) is 15.4. The molecule has 3 aliphatic heterocycles. The van der Waals surface area contributed by atoms with E-state index in [1.54, 1.807) is 7.11 Å². The van der Waals surface area contributed by atoms with Crippen molar-refractivity contribution in [1.29, 1.82) is 0 Å². The van der Waals surface area contributed by atoms with Gasteiger partial charge in [-0.05, 0) is 74.3 Å². The SMILES string of the molecule is COc1ccc(CO[C@H]2[C@@H](OCc3ccccc3)[C@@H](COCc3ccccc3)O[C@@H](O[C@H]3[C@H](OCc4ccccc4)[C@@H](NC(C)=O)[C@H](O[C@H]4[C@@H](OCc5ccccc5)[C@H](OCc5ccccc5)[C@@H](COCc5ccccc5)O[C@@H]4Sc4ccccc4)O[C@@H]3COCc3ccccc3)[C@@H]2OCc2ccccc2)cc1. The Morgan fingerprint density at radius 2 is 0.611 bits per heavy atom. The number of carbonyl (C=O) groups is 1. The molecular formula is C90H95NO16S. The number of thioether (sulfide) groups is 1. The highest BCUT2D eigenvalue weighted by Gasteiger charge is 2.57. The quantitative estimate of drug-likeness (QED) is 0.0388. The fourth-order valence-corrected chi connectivity index (χ4v) is 14.7. The standard InChI is InChI=1S/C90H95NO16S/c1-64(92)91-79-83(99-57-70-40-22-8-23-41-70)82(106-89-86(102-59-72-44-26-10-27-45-72)84(100-60-73-48-50-74(93-2)51-49-73)80(97-55-68-36-18-6-19-37-68)76(104-89)61-94-52-65-30-12-3-13-31-65)78(63-96-54-67-34-16-5-17-35-67)103-88(79)107-87-85(101-58-71-42-24-9-25-43-71)81(98-56-69-38-20-7-21-39-69)77(62-95-53-66-32-14-4-15-33-66)105-90(87)108-75-46-28-11-29-47-75/h3-51,76-90H,52-63H2,1-2H3,(H,91,92)/t76-,77-,78-,79-,80+,81-,82-,83-,84+,85+,86-,87+,88+,89+,90-/m1/s1. The second kappa shape index (κ2) is 41.2. The Kier molecular flexibility index (Phi) is 29.5. The lowest BCUT2D eigenvalue weighted by Crippen LogP contribution is -2.70. The van der Waals surface area contributed by atoms with E-state index in [-0.39, 0.29) is 72.7 Å². The largest absolute Gasteiger partial charge is 0.497 e. The van der Waals surface area contributed by atoms with Gasteiger partial charge in [0.05, 0.1) is 86.4 Å². The lowest BCUT2D eigenvalue weighted by molar-refractivity contribution is -0.372. The summed E-state index contributed by atoms with van der Waals surface area (Å²) in [6.07, 6.45) is -13.0. The van der Waals surface area contributed by atoms with Crippen LogP contribution in [-0.4, -0.2) is 124 Å².